The van der Waals surface area contributed by atoms with E-state index in [0.29, 0.717) is 29.4 Å². The maximum Gasteiger partial charge on any atom is 0.243 e. The van der Waals surface area contributed by atoms with Gasteiger partial charge in [0.15, 0.2) is 0 Å². The molecule has 0 saturated carbocycles. The van der Waals surface area contributed by atoms with Gasteiger partial charge in [0, 0.05) is 31.2 Å². The number of carbonyl (C=O) groups excluding carboxylic acids is 1. The molecule has 0 aliphatic carbocycles. The number of ether oxygens (including phenoxy) is 1. The quantitative estimate of drug-likeness (QED) is 0.386. The molecule has 208 valence electrons. The van der Waals surface area contributed by atoms with Crippen LogP contribution in [0.15, 0.2) is 82.6 Å². The van der Waals surface area contributed by atoms with Crippen molar-refractivity contribution in [1.82, 2.24) is 13.9 Å². The number of nitrogens with zero attached hydrogens (tertiary/aromatic N) is 2. The van der Waals surface area contributed by atoms with Gasteiger partial charge in [-0.15, -0.1) is 0 Å². The van der Waals surface area contributed by atoms with Crippen molar-refractivity contribution in [2.24, 2.45) is 0 Å². The van der Waals surface area contributed by atoms with Crippen LogP contribution in [0.1, 0.15) is 11.1 Å². The Morgan fingerprint density at radius 3 is 2.05 bits per heavy atom. The van der Waals surface area contributed by atoms with E-state index in [9.17, 15) is 26.0 Å². The Balaban J connectivity index is 1.44. The van der Waals surface area contributed by atoms with Gasteiger partial charge in [-0.05, 0) is 59.7 Å². The molecule has 0 spiro atoms. The Bertz CT molecular complexity index is 1490. The van der Waals surface area contributed by atoms with Crippen LogP contribution in [0.4, 0.5) is 4.39 Å². The van der Waals surface area contributed by atoms with Crippen LogP contribution in [0.2, 0.25) is 5.02 Å². The summed E-state index contributed by atoms with van der Waals surface area (Å²) in [6, 6.07) is 17.0. The molecule has 1 aliphatic rings. The molecule has 1 N–H and O–H groups in total. The molecule has 9 nitrogen and oxygen atoms in total. The molecule has 1 saturated heterocycles. The minimum Gasteiger partial charge on any atom is -0.379 e. The second-order valence-corrected chi connectivity index (χ2v) is 13.1. The van der Waals surface area contributed by atoms with Crippen LogP contribution >= 0.6 is 11.6 Å². The van der Waals surface area contributed by atoms with Gasteiger partial charge in [-0.1, -0.05) is 35.9 Å². The number of amides is 1. The normalized spacial score (nSPS) is 14.8. The van der Waals surface area contributed by atoms with Gasteiger partial charge in [0.2, 0.25) is 26.0 Å². The highest BCUT2D eigenvalue weighted by Crippen LogP contribution is 2.21. The maximum absolute atomic E-state index is 13.4. The Morgan fingerprint density at radius 1 is 0.872 bits per heavy atom. The SMILES string of the molecule is O=C(CN(Cc1ccc(F)cc1)S(=O)(=O)c1ccc(Cl)cc1)NCc1ccc(S(=O)(=O)N2CCOCC2)cc1. The van der Waals surface area contributed by atoms with Crippen molar-refractivity contribution in [3.05, 3.63) is 94.8 Å². The summed E-state index contributed by atoms with van der Waals surface area (Å²) >= 11 is 5.90. The van der Waals surface area contributed by atoms with Crippen molar-refractivity contribution in [1.29, 1.82) is 0 Å². The number of hydrogen-bond donors (Lipinski definition) is 1. The smallest absolute Gasteiger partial charge is 0.243 e. The summed E-state index contributed by atoms with van der Waals surface area (Å²) in [5, 5.41) is 3.04. The summed E-state index contributed by atoms with van der Waals surface area (Å²) in [7, 11) is -7.74. The molecular weight excluding hydrogens is 569 g/mol. The summed E-state index contributed by atoms with van der Waals surface area (Å²) in [4.78, 5) is 12.9. The van der Waals surface area contributed by atoms with Crippen LogP contribution in [0, 0.1) is 5.82 Å². The lowest BCUT2D eigenvalue weighted by atomic mass is 10.2. The number of sulfonamides is 2. The lowest BCUT2D eigenvalue weighted by molar-refractivity contribution is -0.121. The third kappa shape index (κ3) is 7.41. The first-order valence-electron chi connectivity index (χ1n) is 12.0. The third-order valence-electron chi connectivity index (χ3n) is 6.06. The van der Waals surface area contributed by atoms with E-state index in [1.807, 2.05) is 0 Å². The summed E-state index contributed by atoms with van der Waals surface area (Å²) in [5.74, 6) is -1.04. The van der Waals surface area contributed by atoms with Crippen molar-refractivity contribution >= 4 is 37.6 Å². The highest BCUT2D eigenvalue weighted by atomic mass is 35.5. The molecule has 0 radical (unpaired) electrons. The Hall–Kier alpha value is -2.87. The Kier molecular flexibility index (Phi) is 9.36. The largest absolute Gasteiger partial charge is 0.379 e. The van der Waals surface area contributed by atoms with Crippen LogP contribution in [-0.4, -0.2) is 64.2 Å². The fraction of sp³-hybridized carbons (Fsp3) is 0.269. The topological polar surface area (TPSA) is 113 Å². The molecule has 13 heteroatoms. The van der Waals surface area contributed by atoms with E-state index in [2.05, 4.69) is 5.32 Å². The van der Waals surface area contributed by atoms with Gasteiger partial charge >= 0.3 is 0 Å². The van der Waals surface area contributed by atoms with E-state index < -0.39 is 38.3 Å². The van der Waals surface area contributed by atoms with Gasteiger partial charge in [0.1, 0.15) is 5.82 Å². The van der Waals surface area contributed by atoms with Gasteiger partial charge in [-0.3, -0.25) is 4.79 Å². The van der Waals surface area contributed by atoms with Gasteiger partial charge < -0.3 is 10.1 Å². The fourth-order valence-electron chi connectivity index (χ4n) is 3.91. The molecule has 1 amide bonds. The predicted molar refractivity (Wildman–Crippen MR) is 143 cm³/mol. The van der Waals surface area contributed by atoms with Crippen LogP contribution < -0.4 is 5.32 Å². The van der Waals surface area contributed by atoms with E-state index in [1.165, 1.54) is 65.0 Å². The number of benzene rings is 3. The number of nitrogens with one attached hydrogen (secondary N) is 1. The lowest BCUT2D eigenvalue weighted by Crippen LogP contribution is -2.40. The molecule has 0 atom stereocenters. The molecule has 1 heterocycles. The predicted octanol–water partition coefficient (Wildman–Crippen LogP) is 3.01. The monoisotopic (exact) mass is 595 g/mol. The van der Waals surface area contributed by atoms with Gasteiger partial charge in [0.25, 0.3) is 0 Å². The molecular formula is C26H27ClFN3O6S2. The molecule has 39 heavy (non-hydrogen) atoms. The number of halogens is 2. The minimum atomic E-state index is -4.10. The van der Waals surface area contributed by atoms with E-state index in [0.717, 1.165) is 4.31 Å². The van der Waals surface area contributed by atoms with Crippen LogP contribution in [0.5, 0.6) is 0 Å². The van der Waals surface area contributed by atoms with Crippen LogP contribution in [0.25, 0.3) is 0 Å². The highest BCUT2D eigenvalue weighted by molar-refractivity contribution is 7.89. The lowest BCUT2D eigenvalue weighted by Gasteiger charge is -2.26. The summed E-state index contributed by atoms with van der Waals surface area (Å²) < 4.78 is 73.2. The standard InChI is InChI=1S/C26H27ClFN3O6S2/c27-22-5-11-25(12-6-22)39(35,36)31(18-21-1-7-23(28)8-2-21)19-26(32)29-17-20-3-9-24(10-4-20)38(33,34)30-13-15-37-16-14-30/h1-12H,13-19H2,(H,29,32). The molecule has 4 rings (SSSR count). The molecule has 1 fully saturated rings. The molecule has 3 aromatic carbocycles. The van der Waals surface area contributed by atoms with E-state index >= 15 is 0 Å². The Morgan fingerprint density at radius 2 is 1.44 bits per heavy atom. The van der Waals surface area contributed by atoms with Crippen molar-refractivity contribution < 1.29 is 30.8 Å². The summed E-state index contributed by atoms with van der Waals surface area (Å²) in [5.41, 5.74) is 1.13. The second kappa shape index (κ2) is 12.5. The highest BCUT2D eigenvalue weighted by Gasteiger charge is 2.28. The van der Waals surface area contributed by atoms with Gasteiger partial charge in [-0.2, -0.15) is 8.61 Å². The van der Waals surface area contributed by atoms with Crippen LogP contribution in [-0.2, 0) is 42.7 Å². The van der Waals surface area contributed by atoms with Gasteiger partial charge in [-0.25, -0.2) is 21.2 Å². The second-order valence-electron chi connectivity index (χ2n) is 8.79. The molecule has 3 aromatic rings. The first-order valence-corrected chi connectivity index (χ1v) is 15.3. The number of carbonyl (C=O) groups is 1. The molecule has 1 aliphatic heterocycles. The molecule has 0 aromatic heterocycles. The Labute approximate surface area is 232 Å². The number of rotatable bonds is 10. The summed E-state index contributed by atoms with van der Waals surface area (Å²) in [6.45, 7) is 0.659. The first-order chi connectivity index (χ1) is 18.6. The number of hydrogen-bond acceptors (Lipinski definition) is 6. The van der Waals surface area contributed by atoms with Crippen LogP contribution in [0.3, 0.4) is 0 Å². The first kappa shape index (κ1) is 29.1. The average Bonchev–Trinajstić information content (AvgIpc) is 2.93. The zero-order valence-corrected chi connectivity index (χ0v) is 23.2. The van der Waals surface area contributed by atoms with Crippen molar-refractivity contribution in [2.45, 2.75) is 22.9 Å². The number of morpholine rings is 1. The third-order valence-corrected chi connectivity index (χ3v) is 10.0. The van der Waals surface area contributed by atoms with E-state index in [4.69, 9.17) is 16.3 Å². The zero-order valence-electron chi connectivity index (χ0n) is 20.8. The minimum absolute atomic E-state index is 0.0427. The fourth-order valence-corrected chi connectivity index (χ4v) is 6.83. The van der Waals surface area contributed by atoms with Crippen molar-refractivity contribution in [3.8, 4) is 0 Å². The average molecular weight is 596 g/mol. The van der Waals surface area contributed by atoms with Crippen molar-refractivity contribution in [2.75, 3.05) is 32.8 Å². The van der Waals surface area contributed by atoms with E-state index in [-0.39, 0.29) is 36.0 Å². The summed E-state index contributed by atoms with van der Waals surface area (Å²) in [6.07, 6.45) is 0. The van der Waals surface area contributed by atoms with E-state index in [1.54, 1.807) is 12.1 Å². The zero-order chi connectivity index (χ0) is 28.0. The molecule has 0 unspecified atom stereocenters. The maximum atomic E-state index is 13.4. The van der Waals surface area contributed by atoms with Gasteiger partial charge in [0.05, 0.1) is 29.5 Å². The van der Waals surface area contributed by atoms with Crippen molar-refractivity contribution in [3.63, 3.8) is 0 Å². The molecule has 0 bridgehead atoms.